The fraction of sp³-hybridized carbons (Fsp3) is 0.368. The second kappa shape index (κ2) is 9.03. The lowest BCUT2D eigenvalue weighted by Gasteiger charge is -2.33. The van der Waals surface area contributed by atoms with Crippen LogP contribution in [0.3, 0.4) is 0 Å². The molecule has 1 aliphatic rings. The maximum atomic E-state index is 12.2. The number of anilines is 1. The van der Waals surface area contributed by atoms with Crippen molar-refractivity contribution in [3.05, 3.63) is 54.2 Å². The van der Waals surface area contributed by atoms with Crippen molar-refractivity contribution in [3.63, 3.8) is 0 Å². The van der Waals surface area contributed by atoms with Crippen molar-refractivity contribution in [1.82, 2.24) is 20.3 Å². The fourth-order valence-corrected chi connectivity index (χ4v) is 3.85. The third-order valence-electron chi connectivity index (χ3n) is 4.76. The lowest BCUT2D eigenvalue weighted by atomic mass is 10.1. The lowest BCUT2D eigenvalue weighted by molar-refractivity contribution is 0.234. The van der Waals surface area contributed by atoms with Crippen molar-refractivity contribution < 1.29 is 13.2 Å². The number of aromatic nitrogens is 1. The molecule has 28 heavy (non-hydrogen) atoms. The molecule has 1 aromatic carbocycles. The van der Waals surface area contributed by atoms with E-state index in [0.717, 1.165) is 37.3 Å². The Hall–Kier alpha value is -2.65. The van der Waals surface area contributed by atoms with Crippen molar-refractivity contribution in [2.45, 2.75) is 30.3 Å². The molecule has 3 N–H and O–H groups in total. The van der Waals surface area contributed by atoms with Gasteiger partial charge in [0.1, 0.15) is 5.82 Å². The van der Waals surface area contributed by atoms with Crippen molar-refractivity contribution in [2.75, 3.05) is 25.0 Å². The molecule has 1 fully saturated rings. The molecule has 150 valence electrons. The molecule has 1 aliphatic heterocycles. The van der Waals surface area contributed by atoms with Gasteiger partial charge in [-0.1, -0.05) is 18.2 Å². The van der Waals surface area contributed by atoms with Gasteiger partial charge in [0.05, 0.1) is 4.90 Å². The zero-order chi connectivity index (χ0) is 20.0. The van der Waals surface area contributed by atoms with Gasteiger partial charge in [-0.3, -0.25) is 0 Å². The molecular formula is C19H25N5O3S. The number of carbonyl (C=O) groups is 1. The highest BCUT2D eigenvalue weighted by Crippen LogP contribution is 2.17. The van der Waals surface area contributed by atoms with Gasteiger partial charge in [-0.2, -0.15) is 0 Å². The Morgan fingerprint density at radius 2 is 1.86 bits per heavy atom. The van der Waals surface area contributed by atoms with E-state index in [2.05, 4.69) is 25.2 Å². The second-order valence-corrected chi connectivity index (χ2v) is 8.51. The molecule has 3 rings (SSSR count). The minimum atomic E-state index is -3.45. The van der Waals surface area contributed by atoms with Gasteiger partial charge in [0.15, 0.2) is 0 Å². The van der Waals surface area contributed by atoms with Crippen LogP contribution in [0.15, 0.2) is 53.6 Å². The van der Waals surface area contributed by atoms with E-state index in [1.54, 1.807) is 18.3 Å². The average molecular weight is 404 g/mol. The van der Waals surface area contributed by atoms with Gasteiger partial charge < -0.3 is 15.5 Å². The van der Waals surface area contributed by atoms with E-state index in [1.165, 1.54) is 19.2 Å². The number of sulfonamides is 1. The smallest absolute Gasteiger partial charge is 0.315 e. The van der Waals surface area contributed by atoms with E-state index in [4.69, 9.17) is 0 Å². The molecule has 0 radical (unpaired) electrons. The van der Waals surface area contributed by atoms with Gasteiger partial charge in [0.2, 0.25) is 10.0 Å². The quantitative estimate of drug-likeness (QED) is 0.678. The number of nitrogens with zero attached hydrogens (tertiary/aromatic N) is 2. The highest BCUT2D eigenvalue weighted by atomic mass is 32.2. The first-order valence-electron chi connectivity index (χ1n) is 9.21. The number of hydrogen-bond acceptors (Lipinski definition) is 5. The van der Waals surface area contributed by atoms with Crippen LogP contribution in [0, 0.1) is 0 Å². The summed E-state index contributed by atoms with van der Waals surface area (Å²) in [6.07, 6.45) is 3.51. The Balaban J connectivity index is 1.43. The van der Waals surface area contributed by atoms with E-state index >= 15 is 0 Å². The first-order valence-corrected chi connectivity index (χ1v) is 10.7. The minimum absolute atomic E-state index is 0.128. The number of pyridine rings is 1. The number of nitrogens with one attached hydrogen (secondary N) is 3. The molecule has 8 nitrogen and oxygen atoms in total. The number of urea groups is 1. The highest BCUT2D eigenvalue weighted by molar-refractivity contribution is 7.89. The molecule has 1 saturated heterocycles. The van der Waals surface area contributed by atoms with Crippen molar-refractivity contribution in [3.8, 4) is 0 Å². The van der Waals surface area contributed by atoms with Crippen LogP contribution < -0.4 is 20.3 Å². The lowest BCUT2D eigenvalue weighted by Crippen LogP contribution is -2.47. The summed E-state index contributed by atoms with van der Waals surface area (Å²) >= 11 is 0. The predicted octanol–water partition coefficient (Wildman–Crippen LogP) is 1.46. The van der Waals surface area contributed by atoms with Crippen LogP contribution in [-0.4, -0.2) is 45.6 Å². The molecule has 0 unspecified atom stereocenters. The highest BCUT2D eigenvalue weighted by Gasteiger charge is 2.21. The van der Waals surface area contributed by atoms with Gasteiger partial charge >= 0.3 is 6.03 Å². The van der Waals surface area contributed by atoms with Crippen LogP contribution >= 0.6 is 0 Å². The van der Waals surface area contributed by atoms with Crippen molar-refractivity contribution >= 4 is 21.9 Å². The second-order valence-electron chi connectivity index (χ2n) is 6.63. The third kappa shape index (κ3) is 5.20. The summed E-state index contributed by atoms with van der Waals surface area (Å²) in [7, 11) is -2.08. The SMILES string of the molecule is CNS(=O)(=O)c1ccc(CNC(=O)NC2CCN(c3ccccn3)CC2)cc1. The molecule has 2 heterocycles. The molecule has 2 aromatic rings. The summed E-state index contributed by atoms with van der Waals surface area (Å²) < 4.78 is 25.7. The van der Waals surface area contributed by atoms with Crippen molar-refractivity contribution in [2.24, 2.45) is 0 Å². The number of piperidine rings is 1. The molecule has 0 atom stereocenters. The number of amides is 2. The molecular weight excluding hydrogens is 378 g/mol. The molecule has 0 saturated carbocycles. The van der Waals surface area contributed by atoms with Gasteiger partial charge in [-0.25, -0.2) is 22.9 Å². The number of rotatable bonds is 6. The van der Waals surface area contributed by atoms with Gasteiger partial charge in [0.25, 0.3) is 0 Å². The molecule has 0 bridgehead atoms. The van der Waals surface area contributed by atoms with Gasteiger partial charge in [-0.15, -0.1) is 0 Å². The fourth-order valence-electron chi connectivity index (χ4n) is 3.12. The number of benzene rings is 1. The van der Waals surface area contributed by atoms with E-state index < -0.39 is 10.0 Å². The van der Waals surface area contributed by atoms with E-state index in [-0.39, 0.29) is 17.0 Å². The molecule has 0 aliphatic carbocycles. The van der Waals surface area contributed by atoms with Crippen LogP contribution in [0.25, 0.3) is 0 Å². The third-order valence-corrected chi connectivity index (χ3v) is 6.19. The zero-order valence-electron chi connectivity index (χ0n) is 15.8. The predicted molar refractivity (Wildman–Crippen MR) is 108 cm³/mol. The topological polar surface area (TPSA) is 103 Å². The first-order chi connectivity index (χ1) is 13.5. The molecule has 1 aromatic heterocycles. The van der Waals surface area contributed by atoms with E-state index in [1.807, 2.05) is 18.2 Å². The van der Waals surface area contributed by atoms with Crippen molar-refractivity contribution in [1.29, 1.82) is 0 Å². The maximum absolute atomic E-state index is 12.2. The van der Waals surface area contributed by atoms with Crippen LogP contribution in [0.5, 0.6) is 0 Å². The largest absolute Gasteiger partial charge is 0.356 e. The molecule has 0 spiro atoms. The number of carbonyl (C=O) groups excluding carboxylic acids is 1. The average Bonchev–Trinajstić information content (AvgIpc) is 2.74. The standard InChI is InChI=1S/C19H25N5O3S/c1-20-28(26,27)17-7-5-15(6-8-17)14-22-19(25)23-16-9-12-24(13-10-16)18-4-2-3-11-21-18/h2-8,11,16,20H,9-10,12-14H2,1H3,(H2,22,23,25). The Kier molecular flexibility index (Phi) is 6.48. The maximum Gasteiger partial charge on any atom is 0.315 e. The summed E-state index contributed by atoms with van der Waals surface area (Å²) in [5, 5.41) is 5.82. The Morgan fingerprint density at radius 3 is 2.46 bits per heavy atom. The summed E-state index contributed by atoms with van der Waals surface area (Å²) in [4.78, 5) is 18.9. The Labute approximate surface area is 165 Å². The summed E-state index contributed by atoms with van der Waals surface area (Å²) in [5.74, 6) is 0.967. The van der Waals surface area contributed by atoms with E-state index in [0.29, 0.717) is 6.54 Å². The Morgan fingerprint density at radius 1 is 1.14 bits per heavy atom. The summed E-state index contributed by atoms with van der Waals surface area (Å²) in [5.41, 5.74) is 0.829. The monoisotopic (exact) mass is 403 g/mol. The normalized spacial score (nSPS) is 15.2. The van der Waals surface area contributed by atoms with Crippen LogP contribution in [-0.2, 0) is 16.6 Å². The van der Waals surface area contributed by atoms with E-state index in [9.17, 15) is 13.2 Å². The Bertz CT molecular complexity index is 880. The minimum Gasteiger partial charge on any atom is -0.356 e. The number of hydrogen-bond donors (Lipinski definition) is 3. The first kappa shape index (κ1) is 20.1. The zero-order valence-corrected chi connectivity index (χ0v) is 16.6. The summed E-state index contributed by atoms with van der Waals surface area (Å²) in [6, 6.07) is 12.2. The van der Waals surface area contributed by atoms with Crippen LogP contribution in [0.4, 0.5) is 10.6 Å². The van der Waals surface area contributed by atoms with Gasteiger partial charge in [0, 0.05) is 31.9 Å². The van der Waals surface area contributed by atoms with Crippen LogP contribution in [0.1, 0.15) is 18.4 Å². The molecule has 9 heteroatoms. The van der Waals surface area contributed by atoms with Gasteiger partial charge in [-0.05, 0) is 49.7 Å². The summed E-state index contributed by atoms with van der Waals surface area (Å²) in [6.45, 7) is 2.03. The molecule has 2 amide bonds. The van der Waals surface area contributed by atoms with Crippen LogP contribution in [0.2, 0.25) is 0 Å².